The molecule has 0 spiro atoms. The fourth-order valence-corrected chi connectivity index (χ4v) is 3.09. The van der Waals surface area contributed by atoms with Crippen molar-refractivity contribution in [2.45, 2.75) is 26.7 Å². The van der Waals surface area contributed by atoms with Gasteiger partial charge in [0.15, 0.2) is 5.13 Å². The maximum Gasteiger partial charge on any atom is 0.186 e. The second-order valence-corrected chi connectivity index (χ2v) is 5.75. The molecule has 17 heavy (non-hydrogen) atoms. The van der Waals surface area contributed by atoms with Crippen molar-refractivity contribution in [3.05, 3.63) is 24.3 Å². The van der Waals surface area contributed by atoms with Crippen LogP contribution >= 0.6 is 11.3 Å². The summed E-state index contributed by atoms with van der Waals surface area (Å²) >= 11 is 1.78. The summed E-state index contributed by atoms with van der Waals surface area (Å²) in [6.07, 6.45) is 2.55. The van der Waals surface area contributed by atoms with E-state index in [-0.39, 0.29) is 0 Å². The molecule has 2 aromatic rings. The predicted molar refractivity (Wildman–Crippen MR) is 77.0 cm³/mol. The monoisotopic (exact) mass is 248 g/mol. The molecule has 0 aliphatic rings. The van der Waals surface area contributed by atoms with E-state index in [9.17, 15) is 0 Å². The van der Waals surface area contributed by atoms with Gasteiger partial charge in [-0.05, 0) is 24.5 Å². The first kappa shape index (κ1) is 12.4. The van der Waals surface area contributed by atoms with Gasteiger partial charge in [-0.3, -0.25) is 0 Å². The van der Waals surface area contributed by atoms with Crippen molar-refractivity contribution in [2.24, 2.45) is 5.92 Å². The largest absolute Gasteiger partial charge is 0.351 e. The maximum atomic E-state index is 4.67. The van der Waals surface area contributed by atoms with Crippen LogP contribution in [0.4, 0.5) is 5.13 Å². The summed E-state index contributed by atoms with van der Waals surface area (Å²) in [5.74, 6) is 0.733. The second-order valence-electron chi connectivity index (χ2n) is 4.74. The molecule has 0 saturated carbocycles. The van der Waals surface area contributed by atoms with Crippen LogP contribution in [0.2, 0.25) is 0 Å². The summed E-state index contributed by atoms with van der Waals surface area (Å²) < 4.78 is 1.28. The van der Waals surface area contributed by atoms with E-state index < -0.39 is 0 Å². The normalized spacial score (nSPS) is 12.9. The van der Waals surface area contributed by atoms with Crippen molar-refractivity contribution in [2.75, 3.05) is 18.5 Å². The van der Waals surface area contributed by atoms with E-state index in [0.29, 0.717) is 0 Å². The van der Waals surface area contributed by atoms with E-state index in [1.807, 2.05) is 6.07 Å². The molecule has 0 aliphatic heterocycles. The van der Waals surface area contributed by atoms with Gasteiger partial charge in [0.05, 0.1) is 10.2 Å². The number of fused-ring (bicyclic) bond motifs is 1. The van der Waals surface area contributed by atoms with Gasteiger partial charge in [-0.2, -0.15) is 0 Å². The topological polar surface area (TPSA) is 16.1 Å². The number of hydrogen-bond donors (Lipinski definition) is 0. The molecule has 0 fully saturated rings. The molecule has 2 nitrogen and oxygen atoms in total. The Balaban J connectivity index is 2.10. The van der Waals surface area contributed by atoms with Crippen LogP contribution in [0.15, 0.2) is 24.3 Å². The van der Waals surface area contributed by atoms with Crippen molar-refractivity contribution in [3.8, 4) is 0 Å². The third kappa shape index (κ3) is 2.97. The van der Waals surface area contributed by atoms with E-state index in [2.05, 4.69) is 49.0 Å². The number of anilines is 1. The van der Waals surface area contributed by atoms with Crippen LogP contribution in [0.1, 0.15) is 26.7 Å². The molecular formula is C14H20N2S. The highest BCUT2D eigenvalue weighted by molar-refractivity contribution is 7.22. The Morgan fingerprint density at radius 2 is 2.12 bits per heavy atom. The Hall–Kier alpha value is -1.09. The molecule has 0 bridgehead atoms. The molecule has 1 unspecified atom stereocenters. The van der Waals surface area contributed by atoms with Gasteiger partial charge in [0.25, 0.3) is 0 Å². The fourth-order valence-electron chi connectivity index (χ4n) is 2.15. The van der Waals surface area contributed by atoms with Gasteiger partial charge in [0, 0.05) is 13.6 Å². The molecular weight excluding hydrogens is 228 g/mol. The van der Waals surface area contributed by atoms with Crippen LogP contribution in [0.3, 0.4) is 0 Å². The van der Waals surface area contributed by atoms with Gasteiger partial charge in [-0.15, -0.1) is 0 Å². The summed E-state index contributed by atoms with van der Waals surface area (Å²) in [6.45, 7) is 5.65. The molecule has 1 atom stereocenters. The number of thiazole rings is 1. The lowest BCUT2D eigenvalue weighted by Gasteiger charge is -2.20. The van der Waals surface area contributed by atoms with Crippen molar-refractivity contribution < 1.29 is 0 Å². The van der Waals surface area contributed by atoms with E-state index in [1.165, 1.54) is 17.5 Å². The summed E-state index contributed by atoms with van der Waals surface area (Å²) in [5.41, 5.74) is 1.11. The Morgan fingerprint density at radius 1 is 1.35 bits per heavy atom. The van der Waals surface area contributed by atoms with Crippen LogP contribution in [-0.4, -0.2) is 18.6 Å². The summed E-state index contributed by atoms with van der Waals surface area (Å²) in [6, 6.07) is 8.34. The fraction of sp³-hybridized carbons (Fsp3) is 0.500. The van der Waals surface area contributed by atoms with Crippen molar-refractivity contribution in [1.29, 1.82) is 0 Å². The zero-order valence-corrected chi connectivity index (χ0v) is 11.6. The van der Waals surface area contributed by atoms with Gasteiger partial charge < -0.3 is 4.90 Å². The molecule has 1 aromatic heterocycles. The van der Waals surface area contributed by atoms with Gasteiger partial charge in [0.2, 0.25) is 0 Å². The Kier molecular flexibility index (Phi) is 4.00. The van der Waals surface area contributed by atoms with Crippen LogP contribution < -0.4 is 4.90 Å². The highest BCUT2D eigenvalue weighted by Gasteiger charge is 2.10. The molecule has 1 aromatic carbocycles. The predicted octanol–water partition coefficient (Wildman–Crippen LogP) is 4.17. The third-order valence-corrected chi connectivity index (χ3v) is 4.13. The highest BCUT2D eigenvalue weighted by atomic mass is 32.1. The number of rotatable bonds is 5. The van der Waals surface area contributed by atoms with Crippen LogP contribution in [0.5, 0.6) is 0 Å². The van der Waals surface area contributed by atoms with Crippen molar-refractivity contribution in [1.82, 2.24) is 4.98 Å². The number of hydrogen-bond acceptors (Lipinski definition) is 3. The van der Waals surface area contributed by atoms with Gasteiger partial charge in [-0.25, -0.2) is 4.98 Å². The molecule has 2 rings (SSSR count). The third-order valence-electron chi connectivity index (χ3n) is 2.98. The quantitative estimate of drug-likeness (QED) is 0.789. The lowest BCUT2D eigenvalue weighted by Crippen LogP contribution is -2.23. The number of aromatic nitrogens is 1. The van der Waals surface area contributed by atoms with E-state index in [1.54, 1.807) is 11.3 Å². The summed E-state index contributed by atoms with van der Waals surface area (Å²) in [5, 5.41) is 1.13. The van der Waals surface area contributed by atoms with Crippen LogP contribution in [0.25, 0.3) is 10.2 Å². The van der Waals surface area contributed by atoms with Crippen molar-refractivity contribution >= 4 is 26.7 Å². The van der Waals surface area contributed by atoms with E-state index >= 15 is 0 Å². The summed E-state index contributed by atoms with van der Waals surface area (Å²) in [7, 11) is 2.14. The van der Waals surface area contributed by atoms with E-state index in [4.69, 9.17) is 0 Å². The lowest BCUT2D eigenvalue weighted by molar-refractivity contribution is 0.524. The molecule has 0 N–H and O–H groups in total. The zero-order valence-electron chi connectivity index (χ0n) is 10.8. The standard InChI is InChI=1S/C14H20N2S/c1-4-7-11(2)10-16(3)14-15-12-8-5-6-9-13(12)17-14/h5-6,8-9,11H,4,7,10H2,1-3H3. The molecule has 0 saturated heterocycles. The minimum atomic E-state index is 0.733. The van der Waals surface area contributed by atoms with Crippen LogP contribution in [0, 0.1) is 5.92 Å². The average molecular weight is 248 g/mol. The number of benzene rings is 1. The molecule has 0 aliphatic carbocycles. The number of nitrogens with zero attached hydrogens (tertiary/aromatic N) is 2. The van der Waals surface area contributed by atoms with Crippen LogP contribution in [-0.2, 0) is 0 Å². The Labute approximate surface area is 107 Å². The van der Waals surface area contributed by atoms with Gasteiger partial charge in [-0.1, -0.05) is 43.7 Å². The molecule has 3 heteroatoms. The molecule has 0 radical (unpaired) electrons. The Morgan fingerprint density at radius 3 is 2.82 bits per heavy atom. The Bertz CT molecular complexity index is 445. The summed E-state index contributed by atoms with van der Waals surface area (Å²) in [4.78, 5) is 6.95. The minimum absolute atomic E-state index is 0.733. The molecule has 92 valence electrons. The minimum Gasteiger partial charge on any atom is -0.351 e. The molecule has 0 amide bonds. The second kappa shape index (κ2) is 5.50. The first-order valence-corrected chi connectivity index (χ1v) is 7.09. The van der Waals surface area contributed by atoms with Gasteiger partial charge >= 0.3 is 0 Å². The zero-order chi connectivity index (χ0) is 12.3. The first-order chi connectivity index (χ1) is 8.20. The molecule has 1 heterocycles. The highest BCUT2D eigenvalue weighted by Crippen LogP contribution is 2.28. The first-order valence-electron chi connectivity index (χ1n) is 6.27. The lowest BCUT2D eigenvalue weighted by atomic mass is 10.1. The maximum absolute atomic E-state index is 4.67. The van der Waals surface area contributed by atoms with Gasteiger partial charge in [0.1, 0.15) is 0 Å². The SMILES string of the molecule is CCCC(C)CN(C)c1nc2ccccc2s1. The number of para-hydroxylation sites is 1. The van der Waals surface area contributed by atoms with E-state index in [0.717, 1.165) is 23.1 Å². The average Bonchev–Trinajstić information content (AvgIpc) is 2.72. The smallest absolute Gasteiger partial charge is 0.186 e. The van der Waals surface area contributed by atoms with Crippen molar-refractivity contribution in [3.63, 3.8) is 0 Å².